The number of hydrogen-bond donors (Lipinski definition) is 0. The van der Waals surface area contributed by atoms with Gasteiger partial charge in [-0.25, -0.2) is 0 Å². The summed E-state index contributed by atoms with van der Waals surface area (Å²) in [6, 6.07) is 0. The molecule has 11 heavy (non-hydrogen) atoms. The number of rotatable bonds is 3. The second-order valence-corrected chi connectivity index (χ2v) is 3.35. The van der Waals surface area contributed by atoms with Gasteiger partial charge >= 0.3 is 0 Å². The third kappa shape index (κ3) is 3.06. The van der Waals surface area contributed by atoms with Gasteiger partial charge in [-0.2, -0.15) is 0 Å². The van der Waals surface area contributed by atoms with Gasteiger partial charge in [0.2, 0.25) is 0 Å². The highest BCUT2D eigenvalue weighted by Gasteiger charge is 2.14. The van der Waals surface area contributed by atoms with Crippen LogP contribution in [0.25, 0.3) is 0 Å². The van der Waals surface area contributed by atoms with E-state index in [4.69, 9.17) is 4.74 Å². The minimum absolute atomic E-state index is 0.806. The predicted molar refractivity (Wildman–Crippen MR) is 47.6 cm³/mol. The largest absolute Gasteiger partial charge is 0.381 e. The summed E-state index contributed by atoms with van der Waals surface area (Å²) in [5.74, 6) is 0.806. The fourth-order valence-corrected chi connectivity index (χ4v) is 1.54. The van der Waals surface area contributed by atoms with Crippen molar-refractivity contribution >= 4 is 0 Å². The van der Waals surface area contributed by atoms with Crippen molar-refractivity contribution in [3.63, 3.8) is 0 Å². The minimum Gasteiger partial charge on any atom is -0.381 e. The van der Waals surface area contributed by atoms with Crippen LogP contribution in [-0.2, 0) is 4.74 Å². The fourth-order valence-electron chi connectivity index (χ4n) is 1.54. The quantitative estimate of drug-likeness (QED) is 0.568. The second-order valence-electron chi connectivity index (χ2n) is 3.35. The van der Waals surface area contributed by atoms with Crippen LogP contribution in [0, 0.1) is 5.92 Å². The lowest BCUT2D eigenvalue weighted by Gasteiger charge is -2.22. The third-order valence-corrected chi connectivity index (χ3v) is 2.37. The molecular formula is C10H18O. The van der Waals surface area contributed by atoms with E-state index in [1.165, 1.54) is 31.3 Å². The van der Waals surface area contributed by atoms with Crippen LogP contribution >= 0.6 is 0 Å². The Hall–Kier alpha value is -0.300. The molecule has 0 bridgehead atoms. The maximum Gasteiger partial charge on any atom is 0.0494 e. The SMILES string of the molecule is C=C1CCC(COCC)CC1. The summed E-state index contributed by atoms with van der Waals surface area (Å²) in [6.45, 7) is 7.87. The first kappa shape index (κ1) is 8.79. The summed E-state index contributed by atoms with van der Waals surface area (Å²) in [6.07, 6.45) is 5.02. The van der Waals surface area contributed by atoms with Crippen LogP contribution in [0.1, 0.15) is 32.6 Å². The molecule has 0 radical (unpaired) electrons. The van der Waals surface area contributed by atoms with Crippen LogP contribution in [-0.4, -0.2) is 13.2 Å². The van der Waals surface area contributed by atoms with Crippen molar-refractivity contribution in [1.29, 1.82) is 0 Å². The van der Waals surface area contributed by atoms with Crippen molar-refractivity contribution in [1.82, 2.24) is 0 Å². The van der Waals surface area contributed by atoms with Crippen molar-refractivity contribution in [2.45, 2.75) is 32.6 Å². The first-order valence-corrected chi connectivity index (χ1v) is 4.57. The Labute approximate surface area is 69.4 Å². The van der Waals surface area contributed by atoms with Gasteiger partial charge in [0.15, 0.2) is 0 Å². The highest BCUT2D eigenvalue weighted by atomic mass is 16.5. The molecule has 0 aliphatic heterocycles. The van der Waals surface area contributed by atoms with Gasteiger partial charge in [-0.05, 0) is 38.5 Å². The monoisotopic (exact) mass is 154 g/mol. The fraction of sp³-hybridized carbons (Fsp3) is 0.800. The van der Waals surface area contributed by atoms with Crippen LogP contribution < -0.4 is 0 Å². The van der Waals surface area contributed by atoms with E-state index in [0.29, 0.717) is 0 Å². The molecule has 64 valence electrons. The molecule has 1 saturated carbocycles. The molecule has 0 N–H and O–H groups in total. The van der Waals surface area contributed by atoms with Crippen LogP contribution in [0.3, 0.4) is 0 Å². The molecule has 1 aliphatic carbocycles. The van der Waals surface area contributed by atoms with Crippen LogP contribution in [0.5, 0.6) is 0 Å². The van der Waals surface area contributed by atoms with Crippen molar-refractivity contribution in [3.8, 4) is 0 Å². The Morgan fingerprint density at radius 2 is 2.09 bits per heavy atom. The zero-order chi connectivity index (χ0) is 8.10. The Morgan fingerprint density at radius 1 is 1.45 bits per heavy atom. The highest BCUT2D eigenvalue weighted by molar-refractivity contribution is 4.98. The Balaban J connectivity index is 2.12. The van der Waals surface area contributed by atoms with Gasteiger partial charge in [0, 0.05) is 13.2 Å². The van der Waals surface area contributed by atoms with E-state index in [9.17, 15) is 0 Å². The molecule has 1 heteroatoms. The van der Waals surface area contributed by atoms with E-state index in [2.05, 4.69) is 13.5 Å². The average Bonchev–Trinajstić information content (AvgIpc) is 2.04. The minimum atomic E-state index is 0.806. The third-order valence-electron chi connectivity index (χ3n) is 2.37. The molecule has 0 aromatic heterocycles. The van der Waals surface area contributed by atoms with Crippen LogP contribution in [0.2, 0.25) is 0 Å². The summed E-state index contributed by atoms with van der Waals surface area (Å²) in [7, 11) is 0. The lowest BCUT2D eigenvalue weighted by atomic mass is 9.87. The molecule has 0 aromatic carbocycles. The molecule has 0 atom stereocenters. The standard InChI is InChI=1S/C10H18O/c1-3-11-8-10-6-4-9(2)5-7-10/h10H,2-8H2,1H3. The van der Waals surface area contributed by atoms with Gasteiger partial charge in [0.25, 0.3) is 0 Å². The normalized spacial score (nSPS) is 20.6. The second kappa shape index (κ2) is 4.55. The van der Waals surface area contributed by atoms with E-state index in [1.54, 1.807) is 0 Å². The smallest absolute Gasteiger partial charge is 0.0494 e. The van der Waals surface area contributed by atoms with Crippen molar-refractivity contribution in [3.05, 3.63) is 12.2 Å². The zero-order valence-electron chi connectivity index (χ0n) is 7.44. The summed E-state index contributed by atoms with van der Waals surface area (Å²) in [4.78, 5) is 0. The molecular weight excluding hydrogens is 136 g/mol. The maximum atomic E-state index is 5.38. The van der Waals surface area contributed by atoms with E-state index < -0.39 is 0 Å². The van der Waals surface area contributed by atoms with Gasteiger partial charge in [0.05, 0.1) is 0 Å². The van der Waals surface area contributed by atoms with E-state index in [0.717, 1.165) is 19.1 Å². The van der Waals surface area contributed by atoms with E-state index in [-0.39, 0.29) is 0 Å². The van der Waals surface area contributed by atoms with E-state index in [1.807, 2.05) is 0 Å². The Morgan fingerprint density at radius 3 is 2.64 bits per heavy atom. The van der Waals surface area contributed by atoms with Crippen molar-refractivity contribution in [2.24, 2.45) is 5.92 Å². The molecule has 1 fully saturated rings. The summed E-state index contributed by atoms with van der Waals surface area (Å²) < 4.78 is 5.38. The van der Waals surface area contributed by atoms with Crippen molar-refractivity contribution < 1.29 is 4.74 Å². The first-order valence-electron chi connectivity index (χ1n) is 4.57. The van der Waals surface area contributed by atoms with Gasteiger partial charge in [-0.1, -0.05) is 12.2 Å². The topological polar surface area (TPSA) is 9.23 Å². The Bertz CT molecular complexity index is 119. The Kier molecular flexibility index (Phi) is 3.64. The summed E-state index contributed by atoms with van der Waals surface area (Å²) >= 11 is 0. The molecule has 0 spiro atoms. The van der Waals surface area contributed by atoms with Gasteiger partial charge in [-0.3, -0.25) is 0 Å². The van der Waals surface area contributed by atoms with Gasteiger partial charge in [0.1, 0.15) is 0 Å². The lowest BCUT2D eigenvalue weighted by molar-refractivity contribution is 0.0997. The number of allylic oxidation sites excluding steroid dienone is 1. The molecule has 1 rings (SSSR count). The molecule has 0 aromatic rings. The summed E-state index contributed by atoms with van der Waals surface area (Å²) in [5.41, 5.74) is 1.43. The predicted octanol–water partition coefficient (Wildman–Crippen LogP) is 2.77. The van der Waals surface area contributed by atoms with Crippen molar-refractivity contribution in [2.75, 3.05) is 13.2 Å². The molecule has 1 nitrogen and oxygen atoms in total. The summed E-state index contributed by atoms with van der Waals surface area (Å²) in [5, 5.41) is 0. The van der Waals surface area contributed by atoms with Crippen LogP contribution in [0.4, 0.5) is 0 Å². The number of hydrogen-bond acceptors (Lipinski definition) is 1. The van der Waals surface area contributed by atoms with Crippen LogP contribution in [0.15, 0.2) is 12.2 Å². The molecule has 0 saturated heterocycles. The highest BCUT2D eigenvalue weighted by Crippen LogP contribution is 2.26. The molecule has 0 unspecified atom stereocenters. The zero-order valence-corrected chi connectivity index (χ0v) is 7.44. The maximum absolute atomic E-state index is 5.38. The van der Waals surface area contributed by atoms with Gasteiger partial charge in [-0.15, -0.1) is 0 Å². The lowest BCUT2D eigenvalue weighted by Crippen LogP contribution is -2.14. The van der Waals surface area contributed by atoms with Gasteiger partial charge < -0.3 is 4.74 Å². The molecule has 1 aliphatic rings. The van der Waals surface area contributed by atoms with E-state index >= 15 is 0 Å². The molecule has 0 amide bonds. The number of ether oxygens (including phenoxy) is 1. The molecule has 0 heterocycles. The first-order chi connectivity index (χ1) is 5.33. The average molecular weight is 154 g/mol.